The van der Waals surface area contributed by atoms with E-state index in [1.165, 1.54) is 16.8 Å². The van der Waals surface area contributed by atoms with Crippen LogP contribution in [0.4, 0.5) is 5.69 Å². The van der Waals surface area contributed by atoms with E-state index in [2.05, 4.69) is 53.1 Å². The molecule has 3 nitrogen and oxygen atoms in total. The van der Waals surface area contributed by atoms with Crippen molar-refractivity contribution in [1.29, 1.82) is 0 Å². The minimum absolute atomic E-state index is 0.754. The topological polar surface area (TPSA) is 23.6 Å². The van der Waals surface area contributed by atoms with E-state index < -0.39 is 0 Å². The molecule has 0 unspecified atom stereocenters. The van der Waals surface area contributed by atoms with Gasteiger partial charge in [0.1, 0.15) is 6.29 Å². The minimum atomic E-state index is 0.754. The molecule has 0 saturated carbocycles. The maximum atomic E-state index is 10.8. The number of rotatable bonds is 4. The Bertz CT molecular complexity index is 631. The summed E-state index contributed by atoms with van der Waals surface area (Å²) in [7, 11) is 0. The highest BCUT2D eigenvalue weighted by atomic mass is 16.1. The Balaban J connectivity index is 1.61. The van der Waals surface area contributed by atoms with Gasteiger partial charge in [0.25, 0.3) is 0 Å². The number of anilines is 1. The van der Waals surface area contributed by atoms with E-state index in [1.807, 2.05) is 12.1 Å². The minimum Gasteiger partial charge on any atom is -0.369 e. The third kappa shape index (κ3) is 3.37. The number of hydrogen-bond donors (Lipinski definition) is 0. The van der Waals surface area contributed by atoms with Gasteiger partial charge in [-0.3, -0.25) is 9.69 Å². The van der Waals surface area contributed by atoms with Crippen LogP contribution in [0.5, 0.6) is 0 Å². The van der Waals surface area contributed by atoms with Gasteiger partial charge < -0.3 is 4.90 Å². The van der Waals surface area contributed by atoms with Gasteiger partial charge in [0.05, 0.1) is 0 Å². The quantitative estimate of drug-likeness (QED) is 0.809. The van der Waals surface area contributed by atoms with Gasteiger partial charge in [0.15, 0.2) is 0 Å². The lowest BCUT2D eigenvalue weighted by Crippen LogP contribution is -2.46. The highest BCUT2D eigenvalue weighted by molar-refractivity contribution is 5.77. The third-order valence-electron chi connectivity index (χ3n) is 4.32. The van der Waals surface area contributed by atoms with Crippen LogP contribution in [-0.2, 0) is 6.54 Å². The summed E-state index contributed by atoms with van der Waals surface area (Å²) in [6.45, 7) is 7.33. The molecule has 0 bridgehead atoms. The maximum Gasteiger partial charge on any atom is 0.150 e. The van der Waals surface area contributed by atoms with Crippen molar-refractivity contribution in [3.05, 3.63) is 65.2 Å². The Hall–Kier alpha value is -2.13. The standard InChI is InChI=1S/C19H22N2O/c1-16-13-18(15-22)7-8-19(16)21-11-9-20(10-12-21)14-17-5-3-2-4-6-17/h2-8,13,15H,9-12,14H2,1H3. The molecule has 22 heavy (non-hydrogen) atoms. The summed E-state index contributed by atoms with van der Waals surface area (Å²) in [5.74, 6) is 0. The molecular weight excluding hydrogens is 272 g/mol. The molecule has 2 aromatic carbocycles. The molecule has 0 amide bonds. The van der Waals surface area contributed by atoms with Crippen LogP contribution in [0.1, 0.15) is 21.5 Å². The Labute approximate surface area is 132 Å². The van der Waals surface area contributed by atoms with Crippen LogP contribution in [-0.4, -0.2) is 37.4 Å². The van der Waals surface area contributed by atoms with Crippen LogP contribution >= 0.6 is 0 Å². The smallest absolute Gasteiger partial charge is 0.150 e. The lowest BCUT2D eigenvalue weighted by molar-refractivity contribution is 0.112. The fraction of sp³-hybridized carbons (Fsp3) is 0.316. The van der Waals surface area contributed by atoms with Crippen molar-refractivity contribution < 1.29 is 4.79 Å². The summed E-state index contributed by atoms with van der Waals surface area (Å²) in [6.07, 6.45) is 0.911. The van der Waals surface area contributed by atoms with E-state index in [9.17, 15) is 4.79 Å². The first-order valence-electron chi connectivity index (χ1n) is 7.83. The number of carbonyl (C=O) groups is 1. The summed E-state index contributed by atoms with van der Waals surface area (Å²) in [5.41, 5.74) is 4.57. The van der Waals surface area contributed by atoms with Gasteiger partial charge in [0, 0.05) is 44.0 Å². The van der Waals surface area contributed by atoms with E-state index in [4.69, 9.17) is 0 Å². The van der Waals surface area contributed by atoms with Gasteiger partial charge in [-0.15, -0.1) is 0 Å². The average molecular weight is 294 g/mol. The van der Waals surface area contributed by atoms with Gasteiger partial charge >= 0.3 is 0 Å². The van der Waals surface area contributed by atoms with Crippen molar-refractivity contribution in [2.75, 3.05) is 31.1 Å². The average Bonchev–Trinajstić information content (AvgIpc) is 2.56. The molecule has 1 aliphatic rings. The van der Waals surface area contributed by atoms with Crippen molar-refractivity contribution in [2.45, 2.75) is 13.5 Å². The molecular formula is C19H22N2O. The van der Waals surface area contributed by atoms with Gasteiger partial charge in [-0.05, 0) is 36.2 Å². The number of aldehydes is 1. The van der Waals surface area contributed by atoms with E-state index in [0.29, 0.717) is 0 Å². The second-order valence-corrected chi connectivity index (χ2v) is 5.91. The zero-order chi connectivity index (χ0) is 15.4. The molecule has 0 aliphatic carbocycles. The monoisotopic (exact) mass is 294 g/mol. The molecule has 3 heteroatoms. The zero-order valence-electron chi connectivity index (χ0n) is 13.0. The summed E-state index contributed by atoms with van der Waals surface area (Å²) < 4.78 is 0. The molecule has 0 aromatic heterocycles. The Morgan fingerprint density at radius 1 is 1.00 bits per heavy atom. The van der Waals surface area contributed by atoms with Crippen LogP contribution in [0, 0.1) is 6.92 Å². The molecule has 2 aromatic rings. The first-order valence-corrected chi connectivity index (χ1v) is 7.83. The molecule has 0 radical (unpaired) electrons. The number of piperazine rings is 1. The Morgan fingerprint density at radius 2 is 1.73 bits per heavy atom. The van der Waals surface area contributed by atoms with Crippen molar-refractivity contribution in [3.8, 4) is 0 Å². The van der Waals surface area contributed by atoms with Crippen molar-refractivity contribution in [1.82, 2.24) is 4.90 Å². The van der Waals surface area contributed by atoms with Crippen LogP contribution in [0.2, 0.25) is 0 Å². The summed E-state index contributed by atoms with van der Waals surface area (Å²) >= 11 is 0. The van der Waals surface area contributed by atoms with Gasteiger partial charge in [-0.2, -0.15) is 0 Å². The molecule has 1 heterocycles. The first kappa shape index (κ1) is 14.8. The lowest BCUT2D eigenvalue weighted by Gasteiger charge is -2.37. The highest BCUT2D eigenvalue weighted by Gasteiger charge is 2.18. The number of nitrogens with zero attached hydrogens (tertiary/aromatic N) is 2. The van der Waals surface area contributed by atoms with Crippen LogP contribution < -0.4 is 4.90 Å². The Morgan fingerprint density at radius 3 is 2.36 bits per heavy atom. The summed E-state index contributed by atoms with van der Waals surface area (Å²) in [4.78, 5) is 15.8. The molecule has 1 aliphatic heterocycles. The van der Waals surface area contributed by atoms with E-state index >= 15 is 0 Å². The molecule has 1 fully saturated rings. The molecule has 3 rings (SSSR count). The summed E-state index contributed by atoms with van der Waals surface area (Å²) in [6, 6.07) is 16.6. The van der Waals surface area contributed by atoms with Crippen LogP contribution in [0.15, 0.2) is 48.5 Å². The van der Waals surface area contributed by atoms with Gasteiger partial charge in [0.2, 0.25) is 0 Å². The number of benzene rings is 2. The fourth-order valence-corrected chi connectivity index (χ4v) is 3.10. The second-order valence-electron chi connectivity index (χ2n) is 5.91. The SMILES string of the molecule is Cc1cc(C=O)ccc1N1CCN(Cc2ccccc2)CC1. The van der Waals surface area contributed by atoms with Gasteiger partial charge in [-0.1, -0.05) is 30.3 Å². The van der Waals surface area contributed by atoms with Crippen molar-refractivity contribution in [2.24, 2.45) is 0 Å². The van der Waals surface area contributed by atoms with Crippen LogP contribution in [0.25, 0.3) is 0 Å². The zero-order valence-corrected chi connectivity index (χ0v) is 13.0. The highest BCUT2D eigenvalue weighted by Crippen LogP contribution is 2.22. The first-order chi connectivity index (χ1) is 10.8. The van der Waals surface area contributed by atoms with Crippen molar-refractivity contribution in [3.63, 3.8) is 0 Å². The molecule has 1 saturated heterocycles. The fourth-order valence-electron chi connectivity index (χ4n) is 3.10. The third-order valence-corrected chi connectivity index (χ3v) is 4.32. The molecule has 0 N–H and O–H groups in total. The lowest BCUT2D eigenvalue weighted by atomic mass is 10.1. The number of aryl methyl sites for hydroxylation is 1. The van der Waals surface area contributed by atoms with E-state index in [1.54, 1.807) is 0 Å². The van der Waals surface area contributed by atoms with Crippen LogP contribution in [0.3, 0.4) is 0 Å². The molecule has 0 spiro atoms. The number of carbonyl (C=O) groups excluding carboxylic acids is 1. The molecule has 114 valence electrons. The normalized spacial score (nSPS) is 15.8. The Kier molecular flexibility index (Phi) is 4.54. The van der Waals surface area contributed by atoms with Gasteiger partial charge in [-0.25, -0.2) is 0 Å². The predicted octanol–water partition coefficient (Wildman–Crippen LogP) is 3.13. The second kappa shape index (κ2) is 6.75. The number of hydrogen-bond acceptors (Lipinski definition) is 3. The molecule has 0 atom stereocenters. The van der Waals surface area contributed by atoms with Crippen molar-refractivity contribution >= 4 is 12.0 Å². The van der Waals surface area contributed by atoms with E-state index in [-0.39, 0.29) is 0 Å². The van der Waals surface area contributed by atoms with E-state index in [0.717, 1.165) is 44.6 Å². The summed E-state index contributed by atoms with van der Waals surface area (Å²) in [5, 5.41) is 0. The largest absolute Gasteiger partial charge is 0.369 e. The maximum absolute atomic E-state index is 10.8. The predicted molar refractivity (Wildman–Crippen MR) is 90.5 cm³/mol.